The molecule has 9 rings (SSSR count). The van der Waals surface area contributed by atoms with Crippen molar-refractivity contribution in [2.75, 3.05) is 0 Å². The van der Waals surface area contributed by atoms with Gasteiger partial charge in [-0.15, -0.1) is 79.4 Å². The van der Waals surface area contributed by atoms with Crippen LogP contribution in [-0.2, 0) is 25.7 Å². The zero-order valence-electron chi connectivity index (χ0n) is 50.7. The van der Waals surface area contributed by atoms with Crippen LogP contribution in [-0.4, -0.2) is 9.97 Å². The molecule has 14 heteroatoms. The van der Waals surface area contributed by atoms with E-state index in [0.717, 1.165) is 92.3 Å². The van der Waals surface area contributed by atoms with Crippen molar-refractivity contribution in [3.05, 3.63) is 127 Å². The van der Waals surface area contributed by atoms with Crippen LogP contribution in [0.5, 0.6) is 0 Å². The van der Waals surface area contributed by atoms with Gasteiger partial charge in [-0.3, -0.25) is 0 Å². The number of aromatic nitrogens is 2. The van der Waals surface area contributed by atoms with E-state index in [-0.39, 0.29) is 11.4 Å². The Morgan fingerprint density at radius 2 is 0.814 bits per heavy atom. The van der Waals surface area contributed by atoms with Gasteiger partial charge in [-0.05, 0) is 140 Å². The number of aryl methyl sites for hydroxylation is 4. The van der Waals surface area contributed by atoms with Gasteiger partial charge in [0.1, 0.15) is 10.5 Å². The number of hydrogen-bond donors (Lipinski definition) is 0. The molecule has 8 aromatic heterocycles. The van der Waals surface area contributed by atoms with Crippen molar-refractivity contribution in [2.24, 2.45) is 0 Å². The number of thiazole rings is 1. The number of hydrogen-bond acceptors (Lipinski definition) is 12. The van der Waals surface area contributed by atoms with Crippen molar-refractivity contribution in [3.8, 4) is 71.8 Å². The molecule has 0 bridgehead atoms. The number of rotatable bonds is 36. The largest absolute Gasteiger partial charge is 0.435 e. The predicted octanol–water partition coefficient (Wildman–Crippen LogP) is 26.0. The lowest BCUT2D eigenvalue weighted by Crippen LogP contribution is -1.86. The molecule has 0 N–H and O–H groups in total. The fraction of sp³-hybridized carbons (Fsp3) is 0.444. The summed E-state index contributed by atoms with van der Waals surface area (Å²) in [6.45, 7) is 24.2. The minimum absolute atomic E-state index is 0.120. The molecular weight excluding hydrogens is 1190 g/mol. The molecule has 86 heavy (non-hydrogen) atoms. The number of fused-ring (bicyclic) bond motifs is 2. The Morgan fingerprint density at radius 3 is 1.23 bits per heavy atom. The first-order chi connectivity index (χ1) is 42.3. The van der Waals surface area contributed by atoms with E-state index in [0.29, 0.717) is 5.89 Å². The second kappa shape index (κ2) is 33.5. The third kappa shape index (κ3) is 17.3. The molecule has 0 spiro atoms. The van der Waals surface area contributed by atoms with Gasteiger partial charge in [0.05, 0.1) is 45.3 Å². The number of unbranched alkanes of at least 4 members (excludes halogenated alkanes) is 20. The second-order valence-electron chi connectivity index (χ2n) is 22.7. The molecular formula is C72H80N6OS7. The van der Waals surface area contributed by atoms with Crippen molar-refractivity contribution < 1.29 is 4.42 Å². The van der Waals surface area contributed by atoms with Crippen LogP contribution >= 0.6 is 79.4 Å². The molecule has 0 aliphatic carbocycles. The number of allylic oxidation sites excluding steroid dienone is 2. The first kappa shape index (κ1) is 64.7. The Labute approximate surface area is 539 Å². The standard InChI is InChI=1S/C72H80N6OS7/c1-7-11-15-19-23-27-31-49-39-55(43-53(47-73)75-5)80-67(49)60-35-37-62(82-60)69-51(33-29-25-21-17-13-9-3)41-65(84-69)71-77-57-46-64-58(45-59(57)79-71)78-72(86-64)66-42-52(34-30-26-22-18-14-10-4)70(85-66)63-38-36-61(83-63)68-50(32-28-24-20-16-12-8-2)40-56(81-68)44-54(48-74)76-6/h35-46H,7-34H2,1-4H3/b53-43-,54-44+. The van der Waals surface area contributed by atoms with Gasteiger partial charge in [0.25, 0.3) is 11.4 Å². The van der Waals surface area contributed by atoms with Crippen molar-refractivity contribution in [2.45, 2.75) is 207 Å². The van der Waals surface area contributed by atoms with Gasteiger partial charge in [0.2, 0.25) is 5.89 Å². The maximum atomic E-state index is 9.62. The van der Waals surface area contributed by atoms with Gasteiger partial charge < -0.3 is 4.42 Å². The highest BCUT2D eigenvalue weighted by Crippen LogP contribution is 2.49. The zero-order valence-corrected chi connectivity index (χ0v) is 56.4. The smallest absolute Gasteiger partial charge is 0.263 e. The van der Waals surface area contributed by atoms with Gasteiger partial charge in [-0.25, -0.2) is 30.2 Å². The number of benzene rings is 1. The SMILES string of the molecule is [C-]#[N+]/C(C#N)=C\c1cc(CCCCCCCC)c(-c2ccc(-c3sc(-c4nc5cc6sc(-c7cc(CCCCCCCC)c(-c8ccc(-c9sc(/C=C(\C#N)[N+]#[C-])cc9CCCCCCCC)s8)s7)nc6cc5o4)cc3CCCCCCCC)s2)s1. The lowest BCUT2D eigenvalue weighted by molar-refractivity contribution is 0.608. The Bertz CT molecular complexity index is 3560. The van der Waals surface area contributed by atoms with Crippen LogP contribution in [0.3, 0.4) is 0 Å². The number of nitrogens with zero attached hydrogens (tertiary/aromatic N) is 6. The van der Waals surface area contributed by atoms with Gasteiger partial charge in [-0.1, -0.05) is 156 Å². The highest BCUT2D eigenvalue weighted by molar-refractivity contribution is 7.30. The van der Waals surface area contributed by atoms with E-state index in [9.17, 15) is 10.5 Å². The molecule has 0 amide bonds. The highest BCUT2D eigenvalue weighted by Gasteiger charge is 2.23. The molecule has 0 atom stereocenters. The van der Waals surface area contributed by atoms with Crippen LogP contribution in [0.15, 0.2) is 76.5 Å². The predicted molar refractivity (Wildman–Crippen MR) is 376 cm³/mol. The van der Waals surface area contributed by atoms with Crippen LogP contribution in [0.1, 0.15) is 214 Å². The topological polar surface area (TPSA) is 95.2 Å². The number of thiophene rings is 6. The summed E-state index contributed by atoms with van der Waals surface area (Å²) in [5, 5.41) is 20.3. The lowest BCUT2D eigenvalue weighted by Gasteiger charge is -2.04. The summed E-state index contributed by atoms with van der Waals surface area (Å²) in [6.07, 6.45) is 37.3. The monoisotopic (exact) mass is 1270 g/mol. The molecule has 0 saturated heterocycles. The Balaban J connectivity index is 0.995. The van der Waals surface area contributed by atoms with E-state index in [1.54, 1.807) is 57.5 Å². The molecule has 0 aliphatic heterocycles. The van der Waals surface area contributed by atoms with Crippen molar-refractivity contribution >= 4 is 113 Å². The Morgan fingerprint density at radius 1 is 0.430 bits per heavy atom. The summed E-state index contributed by atoms with van der Waals surface area (Å²) in [4.78, 5) is 31.8. The summed E-state index contributed by atoms with van der Waals surface area (Å²) >= 11 is 12.5. The van der Waals surface area contributed by atoms with Gasteiger partial charge in [0.15, 0.2) is 5.58 Å². The fourth-order valence-electron chi connectivity index (χ4n) is 11.2. The highest BCUT2D eigenvalue weighted by atomic mass is 32.1. The minimum Gasteiger partial charge on any atom is -0.435 e. The van der Waals surface area contributed by atoms with Crippen LogP contribution in [0.2, 0.25) is 0 Å². The average Bonchev–Trinajstić information content (AvgIpc) is 2.58. The summed E-state index contributed by atoms with van der Waals surface area (Å²) in [5.74, 6) is 0.650. The quantitative estimate of drug-likeness (QED) is 0.0221. The van der Waals surface area contributed by atoms with Crippen molar-refractivity contribution in [1.82, 2.24) is 9.97 Å². The molecule has 0 fully saturated rings. The van der Waals surface area contributed by atoms with Crippen LogP contribution in [0.25, 0.3) is 103 Å². The van der Waals surface area contributed by atoms with Gasteiger partial charge in [-0.2, -0.15) is 0 Å². The van der Waals surface area contributed by atoms with E-state index in [1.165, 1.54) is 195 Å². The fourth-order valence-corrected chi connectivity index (χ4v) is 19.5. The summed E-state index contributed by atoms with van der Waals surface area (Å²) in [6, 6.07) is 26.8. The zero-order chi connectivity index (χ0) is 60.0. The summed E-state index contributed by atoms with van der Waals surface area (Å²) < 4.78 is 7.83. The van der Waals surface area contributed by atoms with Crippen LogP contribution in [0, 0.1) is 35.8 Å². The summed E-state index contributed by atoms with van der Waals surface area (Å²) in [5.41, 5.74) is 8.12. The normalized spacial score (nSPS) is 12.0. The molecule has 1 aromatic carbocycles. The third-order valence-corrected chi connectivity index (χ3v) is 24.6. The second-order valence-corrected chi connectivity index (χ2v) is 30.1. The Kier molecular flexibility index (Phi) is 25.2. The van der Waals surface area contributed by atoms with Crippen molar-refractivity contribution in [3.63, 3.8) is 0 Å². The third-order valence-electron chi connectivity index (χ3n) is 15.9. The maximum absolute atomic E-state index is 9.62. The first-order valence-corrected chi connectivity index (χ1v) is 37.4. The molecule has 446 valence electrons. The van der Waals surface area contributed by atoms with E-state index >= 15 is 0 Å². The first-order valence-electron chi connectivity index (χ1n) is 31.7. The average molecular weight is 1270 g/mol. The molecule has 7 nitrogen and oxygen atoms in total. The van der Waals surface area contributed by atoms with Gasteiger partial charge >= 0.3 is 0 Å². The van der Waals surface area contributed by atoms with E-state index < -0.39 is 0 Å². The minimum atomic E-state index is 0.120. The van der Waals surface area contributed by atoms with Gasteiger partial charge in [0, 0.05) is 54.8 Å². The molecule has 8 heterocycles. The van der Waals surface area contributed by atoms with E-state index in [2.05, 4.69) is 110 Å². The van der Waals surface area contributed by atoms with Crippen LogP contribution in [0.4, 0.5) is 0 Å². The summed E-state index contributed by atoms with van der Waals surface area (Å²) in [7, 11) is 0. The molecule has 0 unspecified atom stereocenters. The molecule has 0 radical (unpaired) electrons. The van der Waals surface area contributed by atoms with Crippen molar-refractivity contribution in [1.29, 1.82) is 10.5 Å². The molecule has 9 aromatic rings. The lowest BCUT2D eigenvalue weighted by atomic mass is 10.0. The molecule has 0 aliphatic rings. The van der Waals surface area contributed by atoms with E-state index in [4.69, 9.17) is 27.5 Å². The van der Waals surface area contributed by atoms with E-state index in [1.807, 2.05) is 34.0 Å². The maximum Gasteiger partial charge on any atom is 0.263 e. The number of nitriles is 2. The molecule has 0 saturated carbocycles. The Hall–Kier alpha value is -5.78. The number of oxazole rings is 1. The van der Waals surface area contributed by atoms with Crippen LogP contribution < -0.4 is 0 Å².